The Morgan fingerprint density at radius 1 is 0.473 bits per heavy atom. The number of carbonyl (C=O) groups excluding carboxylic acids is 1. The maximum atomic E-state index is 13.2. The summed E-state index contributed by atoms with van der Waals surface area (Å²) >= 11 is 0. The van der Waals surface area contributed by atoms with Crippen LogP contribution in [0.25, 0.3) is 0 Å². The van der Waals surface area contributed by atoms with E-state index in [0.29, 0.717) is 12.8 Å². The van der Waals surface area contributed by atoms with Crippen LogP contribution in [0.2, 0.25) is 0 Å². The molecule has 1 fully saturated rings. The first kappa shape index (κ1) is 70.3. The van der Waals surface area contributed by atoms with Gasteiger partial charge in [-0.15, -0.1) is 0 Å². The van der Waals surface area contributed by atoms with Crippen LogP contribution >= 0.6 is 0 Å². The van der Waals surface area contributed by atoms with Crippen LogP contribution in [0.4, 0.5) is 0 Å². The molecule has 74 heavy (non-hydrogen) atoms. The maximum Gasteiger partial charge on any atom is 0.249 e. The van der Waals surface area contributed by atoms with E-state index >= 15 is 0 Å². The minimum absolute atomic E-state index is 0.253. The summed E-state index contributed by atoms with van der Waals surface area (Å²) in [5.41, 5.74) is 0. The van der Waals surface area contributed by atoms with Crippen molar-refractivity contribution in [2.75, 3.05) is 13.2 Å². The van der Waals surface area contributed by atoms with Crippen molar-refractivity contribution in [2.45, 2.75) is 345 Å². The SMILES string of the molecule is CCCCCCCCCCC/C=C\C/C=C\CCCCCCCCCCCCCCC(O)C(=O)NC(COC1OC(CO)C(O)C(O)C1O)C(O)C(O)CCC/C=C/CCCCCCCCCCCCCCCC. The number of amides is 1. The van der Waals surface area contributed by atoms with E-state index in [1.54, 1.807) is 0 Å². The van der Waals surface area contributed by atoms with E-state index in [9.17, 15) is 40.5 Å². The molecule has 1 aliphatic rings. The van der Waals surface area contributed by atoms with E-state index in [1.807, 2.05) is 0 Å². The van der Waals surface area contributed by atoms with E-state index in [0.717, 1.165) is 44.9 Å². The number of carbonyl (C=O) groups is 1. The van der Waals surface area contributed by atoms with Crippen LogP contribution < -0.4 is 5.32 Å². The summed E-state index contributed by atoms with van der Waals surface area (Å²) < 4.78 is 11.1. The molecule has 0 saturated carbocycles. The number of hydrogen-bond donors (Lipinski definition) is 8. The number of ether oxygens (including phenoxy) is 2. The second-order valence-electron chi connectivity index (χ2n) is 22.1. The lowest BCUT2D eigenvalue weighted by molar-refractivity contribution is -0.303. The molecule has 9 atom stereocenters. The normalized spacial score (nSPS) is 20.0. The quantitative estimate of drug-likeness (QED) is 0.0215. The van der Waals surface area contributed by atoms with Gasteiger partial charge in [-0.1, -0.05) is 256 Å². The standard InChI is InChI=1S/C63H119NO10/c1-3-5-7-9-11-13-15-17-19-21-23-24-25-26-27-28-29-30-31-33-35-37-39-41-43-45-47-49-51-56(67)62(72)64-54(53-73-63-61(71)60(70)59(69)57(52-65)74-63)58(68)55(66)50-48-46-44-42-40-38-36-34-32-22-20-18-16-14-12-10-8-6-4-2/h23-24,26-27,42,44,54-61,63,65-71H,3-22,25,28-41,43,45-53H2,1-2H3,(H,64,72)/b24-23-,27-26-,44-42+. The molecular weight excluding hydrogens is 931 g/mol. The fourth-order valence-corrected chi connectivity index (χ4v) is 10.1. The fraction of sp³-hybridized carbons (Fsp3) is 0.889. The van der Waals surface area contributed by atoms with Crippen molar-refractivity contribution < 1.29 is 50.0 Å². The Morgan fingerprint density at radius 2 is 0.838 bits per heavy atom. The number of unbranched alkanes of at least 4 members (excludes halogenated alkanes) is 36. The molecule has 1 saturated heterocycles. The molecule has 1 amide bonds. The third-order valence-electron chi connectivity index (χ3n) is 15.2. The van der Waals surface area contributed by atoms with Gasteiger partial charge in [0.25, 0.3) is 0 Å². The molecule has 11 heteroatoms. The van der Waals surface area contributed by atoms with Crippen LogP contribution in [-0.2, 0) is 14.3 Å². The Morgan fingerprint density at radius 3 is 1.24 bits per heavy atom. The Labute approximate surface area is 454 Å². The molecule has 0 aliphatic carbocycles. The minimum Gasteiger partial charge on any atom is -0.394 e. The highest BCUT2D eigenvalue weighted by Gasteiger charge is 2.44. The molecule has 1 rings (SSSR count). The number of nitrogens with one attached hydrogen (secondary N) is 1. The average Bonchev–Trinajstić information content (AvgIpc) is 3.40. The molecule has 0 bridgehead atoms. The summed E-state index contributed by atoms with van der Waals surface area (Å²) in [5, 5.41) is 76.2. The predicted octanol–water partition coefficient (Wildman–Crippen LogP) is 13.9. The first-order valence-corrected chi connectivity index (χ1v) is 31.4. The van der Waals surface area contributed by atoms with Crippen molar-refractivity contribution in [1.82, 2.24) is 5.32 Å². The van der Waals surface area contributed by atoms with Gasteiger partial charge in [-0.05, 0) is 70.6 Å². The zero-order valence-corrected chi connectivity index (χ0v) is 47.8. The van der Waals surface area contributed by atoms with Crippen LogP contribution in [0.3, 0.4) is 0 Å². The first-order chi connectivity index (χ1) is 36.2. The van der Waals surface area contributed by atoms with Gasteiger partial charge in [-0.25, -0.2) is 0 Å². The molecule has 9 unspecified atom stereocenters. The van der Waals surface area contributed by atoms with E-state index in [1.165, 1.54) is 205 Å². The van der Waals surface area contributed by atoms with Crippen molar-refractivity contribution in [1.29, 1.82) is 0 Å². The monoisotopic (exact) mass is 1050 g/mol. The lowest BCUT2D eigenvalue weighted by Crippen LogP contribution is -2.60. The van der Waals surface area contributed by atoms with Gasteiger partial charge in [-0.3, -0.25) is 4.79 Å². The van der Waals surface area contributed by atoms with Crippen LogP contribution in [0.1, 0.15) is 290 Å². The molecule has 0 aromatic carbocycles. The average molecular weight is 1050 g/mol. The zero-order valence-electron chi connectivity index (χ0n) is 47.8. The van der Waals surface area contributed by atoms with Crippen molar-refractivity contribution in [3.8, 4) is 0 Å². The summed E-state index contributed by atoms with van der Waals surface area (Å²) in [6, 6.07) is -1.19. The lowest BCUT2D eigenvalue weighted by Gasteiger charge is -2.40. The topological polar surface area (TPSA) is 189 Å². The fourth-order valence-electron chi connectivity index (χ4n) is 10.1. The van der Waals surface area contributed by atoms with Crippen molar-refractivity contribution in [3.05, 3.63) is 36.5 Å². The Bertz CT molecular complexity index is 1300. The van der Waals surface area contributed by atoms with Crippen LogP contribution in [0.5, 0.6) is 0 Å². The van der Waals surface area contributed by atoms with Gasteiger partial charge < -0.3 is 50.5 Å². The summed E-state index contributed by atoms with van der Waals surface area (Å²) in [4.78, 5) is 13.2. The molecule has 1 aliphatic heterocycles. The van der Waals surface area contributed by atoms with Gasteiger partial charge in [0.15, 0.2) is 6.29 Å². The summed E-state index contributed by atoms with van der Waals surface area (Å²) in [6.45, 7) is 3.47. The lowest BCUT2D eigenvalue weighted by atomic mass is 9.98. The van der Waals surface area contributed by atoms with E-state index < -0.39 is 74.2 Å². The zero-order chi connectivity index (χ0) is 54.0. The van der Waals surface area contributed by atoms with Crippen LogP contribution in [0.15, 0.2) is 36.5 Å². The Balaban J connectivity index is 2.27. The van der Waals surface area contributed by atoms with Gasteiger partial charge in [0.05, 0.1) is 25.4 Å². The number of hydrogen-bond acceptors (Lipinski definition) is 10. The highest BCUT2D eigenvalue weighted by Crippen LogP contribution is 2.23. The minimum atomic E-state index is -1.67. The molecule has 0 spiro atoms. The second-order valence-corrected chi connectivity index (χ2v) is 22.1. The molecule has 0 aromatic rings. The second kappa shape index (κ2) is 52.1. The van der Waals surface area contributed by atoms with Crippen LogP contribution in [0, 0.1) is 0 Å². The van der Waals surface area contributed by atoms with Crippen molar-refractivity contribution in [3.63, 3.8) is 0 Å². The van der Waals surface area contributed by atoms with E-state index in [2.05, 4.69) is 55.6 Å². The van der Waals surface area contributed by atoms with Gasteiger partial charge in [-0.2, -0.15) is 0 Å². The van der Waals surface area contributed by atoms with Gasteiger partial charge >= 0.3 is 0 Å². The highest BCUT2D eigenvalue weighted by molar-refractivity contribution is 5.80. The first-order valence-electron chi connectivity index (χ1n) is 31.4. The smallest absolute Gasteiger partial charge is 0.249 e. The molecule has 436 valence electrons. The summed E-state index contributed by atoms with van der Waals surface area (Å²) in [7, 11) is 0. The largest absolute Gasteiger partial charge is 0.394 e. The molecular formula is C63H119NO10. The number of rotatable bonds is 54. The molecule has 8 N–H and O–H groups in total. The predicted molar refractivity (Wildman–Crippen MR) is 307 cm³/mol. The van der Waals surface area contributed by atoms with Crippen molar-refractivity contribution in [2.24, 2.45) is 0 Å². The molecule has 1 heterocycles. The maximum absolute atomic E-state index is 13.2. The highest BCUT2D eigenvalue weighted by atomic mass is 16.7. The third kappa shape index (κ3) is 39.7. The van der Waals surface area contributed by atoms with E-state index in [-0.39, 0.29) is 12.8 Å². The number of aliphatic hydroxyl groups is 7. The number of allylic oxidation sites excluding steroid dienone is 6. The van der Waals surface area contributed by atoms with Gasteiger partial charge in [0.2, 0.25) is 5.91 Å². The van der Waals surface area contributed by atoms with Crippen LogP contribution in [-0.4, -0.2) is 110 Å². The summed E-state index contributed by atoms with van der Waals surface area (Å²) in [6.07, 6.45) is 53.5. The van der Waals surface area contributed by atoms with Crippen molar-refractivity contribution >= 4 is 5.91 Å². The third-order valence-corrected chi connectivity index (χ3v) is 15.2. The van der Waals surface area contributed by atoms with Gasteiger partial charge in [0.1, 0.15) is 36.6 Å². The Kier molecular flexibility index (Phi) is 49.5. The summed E-state index contributed by atoms with van der Waals surface area (Å²) in [5.74, 6) is -0.705. The van der Waals surface area contributed by atoms with Gasteiger partial charge in [0, 0.05) is 0 Å². The molecule has 0 aromatic heterocycles. The Hall–Kier alpha value is -1.67. The molecule has 0 radical (unpaired) electrons. The van der Waals surface area contributed by atoms with E-state index in [4.69, 9.17) is 9.47 Å². The number of aliphatic hydroxyl groups excluding tert-OH is 7. The molecule has 11 nitrogen and oxygen atoms in total.